The maximum absolute atomic E-state index is 12.7. The van der Waals surface area contributed by atoms with E-state index in [1.54, 1.807) is 12.1 Å². The van der Waals surface area contributed by atoms with Crippen molar-refractivity contribution in [2.75, 3.05) is 30.8 Å². The number of amides is 2. The third-order valence-electron chi connectivity index (χ3n) is 5.52. The summed E-state index contributed by atoms with van der Waals surface area (Å²) in [5, 5.41) is 15.9. The average molecular weight is 457 g/mol. The molecule has 1 fully saturated rings. The Labute approximate surface area is 196 Å². The number of aromatic nitrogens is 2. The number of hydrogen-bond acceptors (Lipinski definition) is 6. The summed E-state index contributed by atoms with van der Waals surface area (Å²) >= 11 is 0. The second kappa shape index (κ2) is 9.92. The Hall–Kier alpha value is -4.58. The van der Waals surface area contributed by atoms with Crippen LogP contribution in [0.3, 0.4) is 0 Å². The fraction of sp³-hybridized carbons (Fsp3) is 0.200. The van der Waals surface area contributed by atoms with E-state index in [9.17, 15) is 9.59 Å². The molecule has 0 radical (unpaired) electrons. The minimum absolute atomic E-state index is 0.315. The Balaban J connectivity index is 1.59. The zero-order chi connectivity index (χ0) is 24.1. The van der Waals surface area contributed by atoms with E-state index in [2.05, 4.69) is 26.5 Å². The normalized spacial score (nSPS) is 13.2. The van der Waals surface area contributed by atoms with E-state index in [0.29, 0.717) is 54.1 Å². The summed E-state index contributed by atoms with van der Waals surface area (Å²) in [7, 11) is 1.52. The van der Waals surface area contributed by atoms with Crippen LogP contribution in [0.25, 0.3) is 10.9 Å². The molecule has 0 atom stereocenters. The Morgan fingerprint density at radius 2 is 2.00 bits per heavy atom. The first-order chi connectivity index (χ1) is 16.5. The van der Waals surface area contributed by atoms with E-state index in [1.165, 1.54) is 24.4 Å². The summed E-state index contributed by atoms with van der Waals surface area (Å²) in [5.74, 6) is 3.30. The molecule has 0 bridgehead atoms. The van der Waals surface area contributed by atoms with Gasteiger partial charge >= 0.3 is 6.09 Å². The smallest absolute Gasteiger partial charge is 0.407 e. The van der Waals surface area contributed by atoms with Gasteiger partial charge < -0.3 is 25.4 Å². The topological polar surface area (TPSA) is 117 Å². The molecule has 9 nitrogen and oxygen atoms in total. The number of anilines is 3. The van der Waals surface area contributed by atoms with Crippen LogP contribution in [0.15, 0.2) is 54.4 Å². The number of piperidine rings is 1. The van der Waals surface area contributed by atoms with Gasteiger partial charge in [0, 0.05) is 41.9 Å². The number of terminal acetylenes is 1. The highest BCUT2D eigenvalue weighted by Gasteiger charge is 2.19. The predicted octanol–water partition coefficient (Wildman–Crippen LogP) is 4.00. The molecule has 172 valence electrons. The van der Waals surface area contributed by atoms with E-state index >= 15 is 0 Å². The minimum Gasteiger partial charge on any atom is -0.494 e. The van der Waals surface area contributed by atoms with Crippen LogP contribution in [0.4, 0.5) is 22.0 Å². The standard InChI is InChI=1S/C25H23N5O4/c1-3-16-5-4-6-18(11-16)28-24-19-13-21(22(34-2)14-20(19)26-15-27-24)29-23(31)12-17-7-9-30(10-8-17)25(32)33/h1,4-6,11-15H,7-10H2,2H3,(H,29,31)(H,32,33)(H,26,27,28). The van der Waals surface area contributed by atoms with Gasteiger partial charge in [0.1, 0.15) is 17.9 Å². The number of rotatable bonds is 5. The van der Waals surface area contributed by atoms with Crippen molar-refractivity contribution in [3.63, 3.8) is 0 Å². The fourth-order valence-corrected chi connectivity index (χ4v) is 3.76. The first-order valence-corrected chi connectivity index (χ1v) is 10.6. The molecule has 3 N–H and O–H groups in total. The molecule has 1 saturated heterocycles. The van der Waals surface area contributed by atoms with Crippen molar-refractivity contribution in [3.8, 4) is 18.1 Å². The van der Waals surface area contributed by atoms with Gasteiger partial charge in [-0.3, -0.25) is 4.79 Å². The lowest BCUT2D eigenvalue weighted by Crippen LogP contribution is -2.35. The number of nitrogens with zero attached hydrogens (tertiary/aromatic N) is 3. The van der Waals surface area contributed by atoms with Crippen LogP contribution in [0.1, 0.15) is 18.4 Å². The van der Waals surface area contributed by atoms with Gasteiger partial charge in [0.25, 0.3) is 0 Å². The third-order valence-corrected chi connectivity index (χ3v) is 5.52. The highest BCUT2D eigenvalue weighted by molar-refractivity contribution is 6.04. The molecule has 2 amide bonds. The number of benzene rings is 2. The summed E-state index contributed by atoms with van der Waals surface area (Å²) < 4.78 is 5.46. The summed E-state index contributed by atoms with van der Waals surface area (Å²) in [6, 6.07) is 10.9. The lowest BCUT2D eigenvalue weighted by Gasteiger charge is -2.25. The zero-order valence-electron chi connectivity index (χ0n) is 18.5. The number of hydrogen-bond donors (Lipinski definition) is 3. The highest BCUT2D eigenvalue weighted by atomic mass is 16.5. The van der Waals surface area contributed by atoms with Gasteiger partial charge in [-0.25, -0.2) is 14.8 Å². The van der Waals surface area contributed by atoms with Crippen LogP contribution in [0, 0.1) is 12.3 Å². The fourth-order valence-electron chi connectivity index (χ4n) is 3.76. The van der Waals surface area contributed by atoms with E-state index in [-0.39, 0.29) is 5.91 Å². The van der Waals surface area contributed by atoms with Crippen molar-refractivity contribution in [3.05, 3.63) is 59.9 Å². The monoisotopic (exact) mass is 457 g/mol. The number of carbonyl (C=O) groups is 2. The maximum atomic E-state index is 12.7. The van der Waals surface area contributed by atoms with Crippen molar-refractivity contribution < 1.29 is 19.4 Å². The van der Waals surface area contributed by atoms with E-state index in [1.807, 2.05) is 24.3 Å². The third kappa shape index (κ3) is 5.07. The molecule has 3 aromatic rings. The molecule has 1 aliphatic rings. The zero-order valence-corrected chi connectivity index (χ0v) is 18.5. The Bertz CT molecular complexity index is 1320. The lowest BCUT2D eigenvalue weighted by atomic mass is 10.0. The van der Waals surface area contributed by atoms with Gasteiger partial charge in [0.15, 0.2) is 0 Å². The summed E-state index contributed by atoms with van der Waals surface area (Å²) in [6.45, 7) is 0.752. The molecule has 0 unspecified atom stereocenters. The predicted molar refractivity (Wildman–Crippen MR) is 129 cm³/mol. The molecule has 0 saturated carbocycles. The van der Waals surface area contributed by atoms with E-state index in [4.69, 9.17) is 16.3 Å². The van der Waals surface area contributed by atoms with Crippen LogP contribution >= 0.6 is 0 Å². The van der Waals surface area contributed by atoms with Crippen LogP contribution in [0.5, 0.6) is 5.75 Å². The number of ether oxygens (including phenoxy) is 1. The van der Waals surface area contributed by atoms with Crippen molar-refractivity contribution >= 4 is 40.1 Å². The molecule has 0 aliphatic carbocycles. The Kier molecular flexibility index (Phi) is 6.59. The van der Waals surface area contributed by atoms with Crippen molar-refractivity contribution in [1.29, 1.82) is 0 Å². The molecular formula is C25H23N5O4. The summed E-state index contributed by atoms with van der Waals surface area (Å²) in [4.78, 5) is 33.8. The molecular weight excluding hydrogens is 434 g/mol. The molecule has 1 aliphatic heterocycles. The maximum Gasteiger partial charge on any atom is 0.407 e. The van der Waals surface area contributed by atoms with Gasteiger partial charge in [-0.2, -0.15) is 0 Å². The van der Waals surface area contributed by atoms with Gasteiger partial charge in [0.2, 0.25) is 5.91 Å². The van der Waals surface area contributed by atoms with Crippen LogP contribution in [-0.4, -0.2) is 52.2 Å². The lowest BCUT2D eigenvalue weighted by molar-refractivity contribution is -0.112. The Morgan fingerprint density at radius 3 is 2.71 bits per heavy atom. The van der Waals surface area contributed by atoms with Gasteiger partial charge in [-0.1, -0.05) is 17.6 Å². The molecule has 2 aromatic carbocycles. The number of nitrogens with one attached hydrogen (secondary N) is 2. The molecule has 9 heteroatoms. The molecule has 4 rings (SSSR count). The second-order valence-electron chi connectivity index (χ2n) is 7.70. The number of carbonyl (C=O) groups excluding carboxylic acids is 1. The van der Waals surface area contributed by atoms with Gasteiger partial charge in [-0.15, -0.1) is 6.42 Å². The van der Waals surface area contributed by atoms with E-state index < -0.39 is 6.09 Å². The van der Waals surface area contributed by atoms with Crippen molar-refractivity contribution in [1.82, 2.24) is 14.9 Å². The first-order valence-electron chi connectivity index (χ1n) is 10.6. The van der Waals surface area contributed by atoms with Crippen LogP contribution in [-0.2, 0) is 4.79 Å². The van der Waals surface area contributed by atoms with Crippen molar-refractivity contribution in [2.24, 2.45) is 0 Å². The van der Waals surface area contributed by atoms with Crippen LogP contribution in [0.2, 0.25) is 0 Å². The second-order valence-corrected chi connectivity index (χ2v) is 7.70. The number of fused-ring (bicyclic) bond motifs is 1. The van der Waals surface area contributed by atoms with Crippen molar-refractivity contribution in [2.45, 2.75) is 12.8 Å². The molecule has 34 heavy (non-hydrogen) atoms. The molecule has 1 aromatic heterocycles. The summed E-state index contributed by atoms with van der Waals surface area (Å²) in [6.07, 6.45) is 8.57. The average Bonchev–Trinajstić information content (AvgIpc) is 2.84. The quantitative estimate of drug-likeness (QED) is 0.392. The molecule has 0 spiro atoms. The largest absolute Gasteiger partial charge is 0.494 e. The number of likely N-dealkylation sites (tertiary alicyclic amines) is 1. The minimum atomic E-state index is -0.943. The van der Waals surface area contributed by atoms with Gasteiger partial charge in [0.05, 0.1) is 18.3 Å². The Morgan fingerprint density at radius 1 is 1.21 bits per heavy atom. The van der Waals surface area contributed by atoms with Crippen LogP contribution < -0.4 is 15.4 Å². The first kappa shape index (κ1) is 22.6. The molecule has 2 heterocycles. The highest BCUT2D eigenvalue weighted by Crippen LogP contribution is 2.33. The number of carboxylic acid groups (broad SMARTS) is 1. The summed E-state index contributed by atoms with van der Waals surface area (Å²) in [5.41, 5.74) is 3.51. The van der Waals surface area contributed by atoms with Gasteiger partial charge in [-0.05, 0) is 37.1 Å². The number of methoxy groups -OCH3 is 1. The SMILES string of the molecule is C#Cc1cccc(Nc2ncnc3cc(OC)c(NC(=O)C=C4CCN(C(=O)O)CC4)cc23)c1. The van der Waals surface area contributed by atoms with E-state index in [0.717, 1.165) is 16.8 Å².